The van der Waals surface area contributed by atoms with E-state index in [4.69, 9.17) is 4.74 Å². The second kappa shape index (κ2) is 7.11. The molecule has 0 saturated heterocycles. The number of nitrogens with one attached hydrogen (secondary N) is 1. The Labute approximate surface area is 163 Å². The standard InChI is InChI=1S/C22H22N4O2/c27-22(19-14-16-6-3-4-7-18(16)28-19)23-17-11-9-15(10-12-17)21-25-24-20-8-2-1-5-13-26(20)21/h3-4,6-7,9-12,19H,1-2,5,8,13-14H2,(H,23,27). The van der Waals surface area contributed by atoms with Crippen LogP contribution in [-0.4, -0.2) is 26.8 Å². The second-order valence-corrected chi connectivity index (χ2v) is 7.39. The van der Waals surface area contributed by atoms with Crippen LogP contribution in [0.4, 0.5) is 5.69 Å². The van der Waals surface area contributed by atoms with Crippen molar-refractivity contribution in [2.45, 2.75) is 44.8 Å². The average Bonchev–Trinajstić information content (AvgIpc) is 3.26. The van der Waals surface area contributed by atoms with E-state index in [2.05, 4.69) is 20.1 Å². The van der Waals surface area contributed by atoms with Crippen LogP contribution in [0.2, 0.25) is 0 Å². The maximum Gasteiger partial charge on any atom is 0.265 e. The van der Waals surface area contributed by atoms with Crippen molar-refractivity contribution in [1.82, 2.24) is 14.8 Å². The molecule has 6 nitrogen and oxygen atoms in total. The van der Waals surface area contributed by atoms with E-state index in [9.17, 15) is 4.79 Å². The first-order chi connectivity index (χ1) is 13.8. The van der Waals surface area contributed by atoms with E-state index in [0.29, 0.717) is 6.42 Å². The van der Waals surface area contributed by atoms with Gasteiger partial charge in [-0.25, -0.2) is 0 Å². The smallest absolute Gasteiger partial charge is 0.265 e. The summed E-state index contributed by atoms with van der Waals surface area (Å²) in [4.78, 5) is 12.6. The molecule has 1 unspecified atom stereocenters. The van der Waals surface area contributed by atoms with Crippen LogP contribution in [0.1, 0.15) is 30.7 Å². The molecule has 1 amide bonds. The Morgan fingerprint density at radius 3 is 2.75 bits per heavy atom. The molecule has 1 N–H and O–H groups in total. The summed E-state index contributed by atoms with van der Waals surface area (Å²) in [6.07, 6.45) is 4.69. The number of carbonyl (C=O) groups excluding carboxylic acids is 1. The van der Waals surface area contributed by atoms with Crippen LogP contribution in [0.25, 0.3) is 11.4 Å². The predicted molar refractivity (Wildman–Crippen MR) is 106 cm³/mol. The van der Waals surface area contributed by atoms with Gasteiger partial charge >= 0.3 is 0 Å². The van der Waals surface area contributed by atoms with Crippen molar-refractivity contribution in [2.24, 2.45) is 0 Å². The zero-order valence-corrected chi connectivity index (χ0v) is 15.6. The topological polar surface area (TPSA) is 69.0 Å². The molecule has 0 aliphatic carbocycles. The molecule has 0 radical (unpaired) electrons. The molecule has 6 heteroatoms. The van der Waals surface area contributed by atoms with E-state index in [-0.39, 0.29) is 5.91 Å². The van der Waals surface area contributed by atoms with Gasteiger partial charge in [0.2, 0.25) is 0 Å². The first-order valence-corrected chi connectivity index (χ1v) is 9.86. The number of anilines is 1. The maximum absolute atomic E-state index is 12.6. The fourth-order valence-electron chi connectivity index (χ4n) is 3.95. The number of rotatable bonds is 3. The molecule has 0 spiro atoms. The van der Waals surface area contributed by atoms with E-state index < -0.39 is 6.10 Å². The summed E-state index contributed by atoms with van der Waals surface area (Å²) in [7, 11) is 0. The van der Waals surface area contributed by atoms with Crippen molar-refractivity contribution in [1.29, 1.82) is 0 Å². The first kappa shape index (κ1) is 17.0. The molecule has 28 heavy (non-hydrogen) atoms. The maximum atomic E-state index is 12.6. The molecule has 0 fully saturated rings. The quantitative estimate of drug-likeness (QED) is 0.760. The van der Waals surface area contributed by atoms with Crippen molar-refractivity contribution >= 4 is 11.6 Å². The Kier molecular flexibility index (Phi) is 4.31. The van der Waals surface area contributed by atoms with Crippen LogP contribution in [0.5, 0.6) is 5.75 Å². The van der Waals surface area contributed by atoms with Gasteiger partial charge in [-0.2, -0.15) is 0 Å². The number of ether oxygens (including phenoxy) is 1. The van der Waals surface area contributed by atoms with Gasteiger partial charge in [0.1, 0.15) is 11.6 Å². The molecular weight excluding hydrogens is 352 g/mol. The van der Waals surface area contributed by atoms with Crippen molar-refractivity contribution in [3.63, 3.8) is 0 Å². The van der Waals surface area contributed by atoms with Gasteiger partial charge in [-0.05, 0) is 48.7 Å². The van der Waals surface area contributed by atoms with Gasteiger partial charge in [-0.3, -0.25) is 4.79 Å². The highest BCUT2D eigenvalue weighted by Gasteiger charge is 2.28. The average molecular weight is 374 g/mol. The number of fused-ring (bicyclic) bond motifs is 2. The Morgan fingerprint density at radius 1 is 1.04 bits per heavy atom. The number of carbonyl (C=O) groups is 1. The third kappa shape index (κ3) is 3.15. The number of hydrogen-bond acceptors (Lipinski definition) is 4. The lowest BCUT2D eigenvalue weighted by molar-refractivity contribution is -0.122. The summed E-state index contributed by atoms with van der Waals surface area (Å²) in [5.74, 6) is 2.65. The molecule has 2 aliphatic heterocycles. The number of amides is 1. The minimum Gasteiger partial charge on any atom is -0.480 e. The van der Waals surface area contributed by atoms with Crippen LogP contribution < -0.4 is 10.1 Å². The number of hydrogen-bond donors (Lipinski definition) is 1. The SMILES string of the molecule is O=C(Nc1ccc(-c2nnc3n2CCCCC3)cc1)C1Cc2ccccc2O1. The third-order valence-electron chi connectivity index (χ3n) is 5.46. The summed E-state index contributed by atoms with van der Waals surface area (Å²) in [5.41, 5.74) is 2.84. The largest absolute Gasteiger partial charge is 0.480 e. The summed E-state index contributed by atoms with van der Waals surface area (Å²) < 4.78 is 7.99. The molecular formula is C22H22N4O2. The predicted octanol–water partition coefficient (Wildman–Crippen LogP) is 3.61. The minimum absolute atomic E-state index is 0.125. The monoisotopic (exact) mass is 374 g/mol. The fourth-order valence-corrected chi connectivity index (χ4v) is 3.95. The van der Waals surface area contributed by atoms with Gasteiger partial charge in [-0.15, -0.1) is 10.2 Å². The zero-order valence-electron chi connectivity index (χ0n) is 15.6. The molecule has 3 heterocycles. The Hall–Kier alpha value is -3.15. The number of benzene rings is 2. The van der Waals surface area contributed by atoms with Crippen molar-refractivity contribution in [3.05, 3.63) is 59.9 Å². The summed E-state index contributed by atoms with van der Waals surface area (Å²) >= 11 is 0. The number of nitrogens with zero attached hydrogens (tertiary/aromatic N) is 3. The van der Waals surface area contributed by atoms with Crippen LogP contribution in [0.3, 0.4) is 0 Å². The van der Waals surface area contributed by atoms with Gasteiger partial charge in [0.15, 0.2) is 11.9 Å². The van der Waals surface area contributed by atoms with Crippen LogP contribution >= 0.6 is 0 Å². The van der Waals surface area contributed by atoms with E-state index in [1.165, 1.54) is 12.8 Å². The molecule has 2 aromatic carbocycles. The first-order valence-electron chi connectivity index (χ1n) is 9.86. The molecule has 1 atom stereocenters. The van der Waals surface area contributed by atoms with Gasteiger partial charge in [0, 0.05) is 30.6 Å². The molecule has 5 rings (SSSR count). The van der Waals surface area contributed by atoms with Gasteiger partial charge in [-0.1, -0.05) is 24.6 Å². The molecule has 142 valence electrons. The molecule has 3 aromatic rings. The normalized spacial score (nSPS) is 17.9. The molecule has 0 saturated carbocycles. The minimum atomic E-state index is -0.482. The summed E-state index contributed by atoms with van der Waals surface area (Å²) in [6.45, 7) is 0.968. The fraction of sp³-hybridized carbons (Fsp3) is 0.318. The number of aromatic nitrogens is 3. The highest BCUT2D eigenvalue weighted by atomic mass is 16.5. The van der Waals surface area contributed by atoms with E-state index in [1.807, 2.05) is 48.5 Å². The lowest BCUT2D eigenvalue weighted by Gasteiger charge is -2.12. The zero-order chi connectivity index (χ0) is 18.9. The lowest BCUT2D eigenvalue weighted by Crippen LogP contribution is -2.31. The van der Waals surface area contributed by atoms with Gasteiger partial charge < -0.3 is 14.6 Å². The Bertz CT molecular complexity index is 985. The molecule has 2 aliphatic rings. The number of para-hydroxylation sites is 1. The highest BCUT2D eigenvalue weighted by Crippen LogP contribution is 2.29. The van der Waals surface area contributed by atoms with E-state index in [0.717, 1.165) is 53.6 Å². The van der Waals surface area contributed by atoms with E-state index in [1.54, 1.807) is 0 Å². The Balaban J connectivity index is 1.29. The summed E-state index contributed by atoms with van der Waals surface area (Å²) in [5, 5.41) is 11.7. The Morgan fingerprint density at radius 2 is 1.89 bits per heavy atom. The van der Waals surface area contributed by atoms with Gasteiger partial charge in [0.05, 0.1) is 0 Å². The van der Waals surface area contributed by atoms with Crippen molar-refractivity contribution < 1.29 is 9.53 Å². The number of aryl methyl sites for hydroxylation is 1. The van der Waals surface area contributed by atoms with Crippen LogP contribution in [0.15, 0.2) is 48.5 Å². The van der Waals surface area contributed by atoms with Crippen LogP contribution in [-0.2, 0) is 24.2 Å². The second-order valence-electron chi connectivity index (χ2n) is 7.39. The van der Waals surface area contributed by atoms with E-state index >= 15 is 0 Å². The highest BCUT2D eigenvalue weighted by molar-refractivity contribution is 5.95. The van der Waals surface area contributed by atoms with Gasteiger partial charge in [0.25, 0.3) is 5.91 Å². The molecule has 1 aromatic heterocycles. The van der Waals surface area contributed by atoms with Crippen LogP contribution in [0, 0.1) is 0 Å². The molecule has 0 bridgehead atoms. The van der Waals surface area contributed by atoms with Crippen molar-refractivity contribution in [3.8, 4) is 17.1 Å². The third-order valence-corrected chi connectivity index (χ3v) is 5.46. The lowest BCUT2D eigenvalue weighted by atomic mass is 10.1. The summed E-state index contributed by atoms with van der Waals surface area (Å²) in [6, 6.07) is 15.6. The van der Waals surface area contributed by atoms with Crippen molar-refractivity contribution in [2.75, 3.05) is 5.32 Å².